The molecule has 0 spiro atoms. The Labute approximate surface area is 75.7 Å². The number of nitrogens with one attached hydrogen (secondary N) is 1. The Hall–Kier alpha value is -1.59. The largest absolute Gasteiger partial charge is 0.409 e. The van der Waals surface area contributed by atoms with Crippen molar-refractivity contribution >= 4 is 5.82 Å². The Morgan fingerprint density at radius 1 is 1.38 bits per heavy atom. The summed E-state index contributed by atoms with van der Waals surface area (Å²) in [4.78, 5) is 5.16. The third-order valence-electron chi connectivity index (χ3n) is 1.54. The molecular weight excluding hydrogens is 172 g/mol. The van der Waals surface area contributed by atoms with Crippen LogP contribution >= 0.6 is 0 Å². The second-order valence-electron chi connectivity index (χ2n) is 2.47. The van der Waals surface area contributed by atoms with E-state index < -0.39 is 0 Å². The minimum atomic E-state index is 0.320. The number of hydrogen-bond acceptors (Lipinski definition) is 4. The van der Waals surface area contributed by atoms with Gasteiger partial charge in [0.2, 0.25) is 0 Å². The maximum absolute atomic E-state index is 9.28. The van der Waals surface area contributed by atoms with Gasteiger partial charge < -0.3 is 15.7 Å². The van der Waals surface area contributed by atoms with Gasteiger partial charge in [0.25, 0.3) is 0 Å². The van der Waals surface area contributed by atoms with E-state index in [0.717, 1.165) is 0 Å². The minimum Gasteiger partial charge on any atom is -0.409 e. The molecule has 0 aliphatic rings. The van der Waals surface area contributed by atoms with E-state index in [1.165, 1.54) is 0 Å². The van der Waals surface area contributed by atoms with Gasteiger partial charge >= 0.3 is 0 Å². The predicted octanol–water partition coefficient (Wildman–Crippen LogP) is 0.117. The van der Waals surface area contributed by atoms with Crippen molar-refractivity contribution < 1.29 is 10.4 Å². The highest BCUT2D eigenvalue weighted by molar-refractivity contribution is 5.32. The maximum atomic E-state index is 9.28. The first kappa shape index (κ1) is 9.50. The maximum Gasteiger partial charge on any atom is 0.190 e. The van der Waals surface area contributed by atoms with Crippen LogP contribution in [0, 0.1) is 0 Å². The average Bonchev–Trinajstić information content (AvgIpc) is 2.36. The van der Waals surface area contributed by atoms with E-state index in [4.69, 9.17) is 0 Å². The zero-order chi connectivity index (χ0) is 9.84. The summed E-state index contributed by atoms with van der Waals surface area (Å²) >= 11 is 0. The standard InChI is InChI=1S/C7H14N4O2/c1-3-8-6-5-7(9-4-2)11(13)10(6)12/h5,8,12-13H,3-4H2,1-2H3. The fourth-order valence-corrected chi connectivity index (χ4v) is 1.01. The summed E-state index contributed by atoms with van der Waals surface area (Å²) in [5.74, 6) is 0.414. The van der Waals surface area contributed by atoms with Crippen LogP contribution in [0.4, 0.5) is 5.82 Å². The van der Waals surface area contributed by atoms with E-state index >= 15 is 0 Å². The molecule has 3 N–H and O–H groups in total. The molecule has 13 heavy (non-hydrogen) atoms. The van der Waals surface area contributed by atoms with Crippen molar-refractivity contribution in [1.82, 2.24) is 9.69 Å². The van der Waals surface area contributed by atoms with E-state index in [1.807, 2.05) is 13.8 Å². The van der Waals surface area contributed by atoms with E-state index in [-0.39, 0.29) is 0 Å². The lowest BCUT2D eigenvalue weighted by Gasteiger charge is -2.02. The zero-order valence-electron chi connectivity index (χ0n) is 7.73. The molecule has 74 valence electrons. The van der Waals surface area contributed by atoms with Crippen LogP contribution in [0.15, 0.2) is 11.1 Å². The normalized spacial score (nSPS) is 12.0. The SMILES string of the molecule is CCN=c1cc(NCC)n(O)n1O. The van der Waals surface area contributed by atoms with E-state index in [1.54, 1.807) is 6.07 Å². The first-order valence-electron chi connectivity index (χ1n) is 4.18. The lowest BCUT2D eigenvalue weighted by molar-refractivity contribution is -0.0135. The first-order chi connectivity index (χ1) is 6.20. The predicted molar refractivity (Wildman–Crippen MR) is 47.1 cm³/mol. The second-order valence-corrected chi connectivity index (χ2v) is 2.47. The van der Waals surface area contributed by atoms with Crippen molar-refractivity contribution in [2.75, 3.05) is 18.4 Å². The monoisotopic (exact) mass is 186 g/mol. The Bertz CT molecular complexity index is 339. The van der Waals surface area contributed by atoms with Gasteiger partial charge in [-0.15, -0.1) is 0 Å². The van der Waals surface area contributed by atoms with Gasteiger partial charge in [-0.25, -0.2) is 0 Å². The van der Waals surface area contributed by atoms with E-state index in [9.17, 15) is 10.4 Å². The molecule has 1 aromatic heterocycles. The third kappa shape index (κ3) is 1.77. The minimum absolute atomic E-state index is 0.320. The second kappa shape index (κ2) is 3.88. The molecule has 1 aromatic rings. The Morgan fingerprint density at radius 3 is 2.62 bits per heavy atom. The van der Waals surface area contributed by atoms with Gasteiger partial charge in [0.05, 0.1) is 0 Å². The van der Waals surface area contributed by atoms with Crippen LogP contribution < -0.4 is 10.8 Å². The van der Waals surface area contributed by atoms with Crippen LogP contribution in [0.3, 0.4) is 0 Å². The van der Waals surface area contributed by atoms with Crippen LogP contribution in [0.2, 0.25) is 0 Å². The van der Waals surface area contributed by atoms with Crippen LogP contribution in [0.1, 0.15) is 13.8 Å². The van der Waals surface area contributed by atoms with Crippen molar-refractivity contribution in [1.29, 1.82) is 0 Å². The highest BCUT2D eigenvalue weighted by atomic mass is 16.6. The van der Waals surface area contributed by atoms with Crippen molar-refractivity contribution in [3.05, 3.63) is 11.6 Å². The Balaban J connectivity index is 3.12. The molecule has 0 bridgehead atoms. The summed E-state index contributed by atoms with van der Waals surface area (Å²) in [6.07, 6.45) is 0. The Morgan fingerprint density at radius 2 is 2.08 bits per heavy atom. The molecule has 0 unspecified atom stereocenters. The smallest absolute Gasteiger partial charge is 0.190 e. The van der Waals surface area contributed by atoms with Crippen molar-refractivity contribution in [2.45, 2.75) is 13.8 Å². The molecule has 1 rings (SSSR count). The quantitative estimate of drug-likeness (QED) is 0.587. The van der Waals surface area contributed by atoms with E-state index in [0.29, 0.717) is 34.1 Å². The summed E-state index contributed by atoms with van der Waals surface area (Å²) in [6.45, 7) is 4.96. The molecule has 0 fully saturated rings. The van der Waals surface area contributed by atoms with Crippen LogP contribution in [-0.2, 0) is 0 Å². The summed E-state index contributed by atoms with van der Waals surface area (Å²) in [5.41, 5.74) is 0.320. The summed E-state index contributed by atoms with van der Waals surface area (Å²) in [6, 6.07) is 1.56. The van der Waals surface area contributed by atoms with Gasteiger partial charge in [0.1, 0.15) is 0 Å². The highest BCUT2D eigenvalue weighted by Crippen LogP contribution is 1.99. The number of aromatic nitrogens is 2. The number of rotatable bonds is 3. The van der Waals surface area contributed by atoms with Gasteiger partial charge in [-0.3, -0.25) is 4.99 Å². The van der Waals surface area contributed by atoms with Crippen molar-refractivity contribution in [3.63, 3.8) is 0 Å². The molecule has 1 heterocycles. The average molecular weight is 186 g/mol. The molecule has 0 radical (unpaired) electrons. The molecule has 0 aromatic carbocycles. The van der Waals surface area contributed by atoms with Crippen LogP contribution in [0.25, 0.3) is 0 Å². The fourth-order valence-electron chi connectivity index (χ4n) is 1.01. The van der Waals surface area contributed by atoms with Gasteiger partial charge in [0.15, 0.2) is 11.3 Å². The summed E-state index contributed by atoms with van der Waals surface area (Å²) < 4.78 is 0. The lowest BCUT2D eigenvalue weighted by Crippen LogP contribution is -2.20. The topological polar surface area (TPSA) is 74.7 Å². The van der Waals surface area contributed by atoms with Gasteiger partial charge in [0, 0.05) is 19.2 Å². The molecule has 0 saturated heterocycles. The van der Waals surface area contributed by atoms with Gasteiger partial charge in [-0.1, -0.05) is 9.69 Å². The van der Waals surface area contributed by atoms with E-state index in [2.05, 4.69) is 10.3 Å². The molecule has 6 heteroatoms. The van der Waals surface area contributed by atoms with Crippen LogP contribution in [-0.4, -0.2) is 33.2 Å². The summed E-state index contributed by atoms with van der Waals surface area (Å²) in [7, 11) is 0. The molecule has 0 aliphatic carbocycles. The molecule has 6 nitrogen and oxygen atoms in total. The summed E-state index contributed by atoms with van der Waals surface area (Å²) in [5, 5.41) is 21.4. The number of hydrogen-bond donors (Lipinski definition) is 3. The van der Waals surface area contributed by atoms with Crippen LogP contribution in [0.5, 0.6) is 0 Å². The molecule has 0 aliphatic heterocycles. The third-order valence-corrected chi connectivity index (χ3v) is 1.54. The first-order valence-corrected chi connectivity index (χ1v) is 4.18. The van der Waals surface area contributed by atoms with Crippen molar-refractivity contribution in [3.8, 4) is 0 Å². The highest BCUT2D eigenvalue weighted by Gasteiger charge is 2.05. The molecule has 0 atom stereocenters. The van der Waals surface area contributed by atoms with Gasteiger partial charge in [-0.2, -0.15) is 0 Å². The lowest BCUT2D eigenvalue weighted by atomic mass is 10.6. The zero-order valence-corrected chi connectivity index (χ0v) is 7.73. The molecule has 0 saturated carbocycles. The van der Waals surface area contributed by atoms with Crippen molar-refractivity contribution in [2.24, 2.45) is 4.99 Å². The molecular formula is C7H14N4O2. The molecule has 0 amide bonds. The van der Waals surface area contributed by atoms with Gasteiger partial charge in [-0.05, 0) is 13.8 Å². The number of anilines is 1. The Kier molecular flexibility index (Phi) is 2.84. The number of nitrogens with zero attached hydrogens (tertiary/aromatic N) is 3. The fraction of sp³-hybridized carbons (Fsp3) is 0.571.